The molecule has 1 aromatic heterocycles. The predicted octanol–water partition coefficient (Wildman–Crippen LogP) is 3.42. The number of benzene rings is 2. The molecular weight excluding hydrogens is 368 g/mol. The molecule has 1 heterocycles. The first-order chi connectivity index (χ1) is 14.2. The van der Waals surface area contributed by atoms with E-state index < -0.39 is 0 Å². The third kappa shape index (κ3) is 4.13. The molecule has 0 unspecified atom stereocenters. The molecular formula is C22H22N4O3. The van der Waals surface area contributed by atoms with Gasteiger partial charge in [0.15, 0.2) is 11.5 Å². The number of rotatable bonds is 7. The minimum absolute atomic E-state index is 0.0376. The van der Waals surface area contributed by atoms with Gasteiger partial charge < -0.3 is 9.47 Å². The molecule has 0 spiro atoms. The largest absolute Gasteiger partial charge is 0.493 e. The second-order valence-electron chi connectivity index (χ2n) is 6.79. The van der Waals surface area contributed by atoms with Crippen molar-refractivity contribution in [1.29, 1.82) is 0 Å². The van der Waals surface area contributed by atoms with Gasteiger partial charge in [-0.25, -0.2) is 10.1 Å². The van der Waals surface area contributed by atoms with Crippen LogP contribution < -0.4 is 14.9 Å². The van der Waals surface area contributed by atoms with Crippen LogP contribution in [0, 0.1) is 5.92 Å². The van der Waals surface area contributed by atoms with Crippen LogP contribution in [0.1, 0.15) is 18.4 Å². The van der Waals surface area contributed by atoms with Crippen LogP contribution >= 0.6 is 0 Å². The Kier molecular flexibility index (Phi) is 5.29. The first-order valence-corrected chi connectivity index (χ1v) is 9.40. The number of aromatic nitrogens is 2. The molecule has 0 aliphatic heterocycles. The van der Waals surface area contributed by atoms with E-state index in [0.717, 1.165) is 35.3 Å². The maximum atomic E-state index is 11.9. The first-order valence-electron chi connectivity index (χ1n) is 9.40. The highest BCUT2D eigenvalue weighted by molar-refractivity contribution is 5.90. The normalized spacial score (nSPS) is 13.4. The third-order valence-corrected chi connectivity index (χ3v) is 4.75. The Morgan fingerprint density at radius 3 is 2.59 bits per heavy atom. The number of nitrogens with zero attached hydrogens (tertiary/aromatic N) is 3. The predicted molar refractivity (Wildman–Crippen MR) is 111 cm³/mol. The first kappa shape index (κ1) is 18.7. The Hall–Kier alpha value is -3.61. The number of carbonyl (C=O) groups is 1. The van der Waals surface area contributed by atoms with Gasteiger partial charge in [-0.2, -0.15) is 10.2 Å². The van der Waals surface area contributed by atoms with E-state index in [2.05, 4.69) is 10.5 Å². The monoisotopic (exact) mass is 390 g/mol. The fraction of sp³-hybridized carbons (Fsp3) is 0.227. The average molecular weight is 390 g/mol. The highest BCUT2D eigenvalue weighted by Gasteiger charge is 2.29. The second-order valence-corrected chi connectivity index (χ2v) is 6.79. The van der Waals surface area contributed by atoms with Crippen LogP contribution in [0.3, 0.4) is 0 Å². The van der Waals surface area contributed by atoms with Crippen LogP contribution in [0.25, 0.3) is 16.9 Å². The van der Waals surface area contributed by atoms with Crippen molar-refractivity contribution in [1.82, 2.24) is 15.2 Å². The second kappa shape index (κ2) is 8.18. The lowest BCUT2D eigenvalue weighted by atomic mass is 10.1. The van der Waals surface area contributed by atoms with Crippen molar-refractivity contribution in [3.05, 3.63) is 60.3 Å². The molecule has 0 radical (unpaired) electrons. The van der Waals surface area contributed by atoms with Gasteiger partial charge in [0.25, 0.3) is 0 Å². The van der Waals surface area contributed by atoms with Gasteiger partial charge in [0.05, 0.1) is 26.1 Å². The average Bonchev–Trinajstić information content (AvgIpc) is 3.54. The molecule has 1 N–H and O–H groups in total. The summed E-state index contributed by atoms with van der Waals surface area (Å²) in [5.41, 5.74) is 5.89. The Morgan fingerprint density at radius 1 is 1.14 bits per heavy atom. The van der Waals surface area contributed by atoms with Crippen molar-refractivity contribution in [2.45, 2.75) is 12.8 Å². The van der Waals surface area contributed by atoms with E-state index in [0.29, 0.717) is 11.5 Å². The molecule has 0 saturated heterocycles. The molecule has 4 rings (SSSR count). The van der Waals surface area contributed by atoms with Gasteiger partial charge in [0, 0.05) is 23.2 Å². The van der Waals surface area contributed by atoms with Crippen molar-refractivity contribution in [2.24, 2.45) is 11.0 Å². The number of carbonyl (C=O) groups excluding carboxylic acids is 1. The van der Waals surface area contributed by atoms with Crippen molar-refractivity contribution >= 4 is 12.1 Å². The van der Waals surface area contributed by atoms with Crippen molar-refractivity contribution in [2.75, 3.05) is 14.2 Å². The van der Waals surface area contributed by atoms with Crippen LogP contribution in [0.15, 0.2) is 59.8 Å². The number of ether oxygens (including phenoxy) is 2. The molecule has 3 aromatic rings. The molecule has 1 aliphatic rings. The maximum Gasteiger partial charge on any atom is 0.243 e. The zero-order chi connectivity index (χ0) is 20.2. The minimum atomic E-state index is -0.0376. The molecule has 0 atom stereocenters. The summed E-state index contributed by atoms with van der Waals surface area (Å²) in [4.78, 5) is 11.9. The fourth-order valence-electron chi connectivity index (χ4n) is 3.00. The molecule has 7 heteroatoms. The van der Waals surface area contributed by atoms with Gasteiger partial charge in [-0.15, -0.1) is 0 Å². The smallest absolute Gasteiger partial charge is 0.243 e. The number of para-hydroxylation sites is 1. The van der Waals surface area contributed by atoms with Crippen LogP contribution in [0.5, 0.6) is 11.5 Å². The van der Waals surface area contributed by atoms with E-state index in [1.54, 1.807) is 25.1 Å². The molecule has 1 amide bonds. The lowest BCUT2D eigenvalue weighted by Crippen LogP contribution is -2.18. The summed E-state index contributed by atoms with van der Waals surface area (Å²) in [6.45, 7) is 0. The van der Waals surface area contributed by atoms with E-state index >= 15 is 0 Å². The number of hydrazone groups is 1. The molecule has 0 bridgehead atoms. The van der Waals surface area contributed by atoms with Gasteiger partial charge in [-0.05, 0) is 43.2 Å². The maximum absolute atomic E-state index is 11.9. The van der Waals surface area contributed by atoms with Crippen LogP contribution in [0.2, 0.25) is 0 Å². The molecule has 7 nitrogen and oxygen atoms in total. The summed E-state index contributed by atoms with van der Waals surface area (Å²) in [5, 5.41) is 8.88. The van der Waals surface area contributed by atoms with Gasteiger partial charge in [0.2, 0.25) is 5.91 Å². The van der Waals surface area contributed by atoms with E-state index in [1.807, 2.05) is 54.7 Å². The van der Waals surface area contributed by atoms with Gasteiger partial charge >= 0.3 is 0 Å². The Balaban J connectivity index is 1.71. The highest BCUT2D eigenvalue weighted by atomic mass is 16.5. The minimum Gasteiger partial charge on any atom is -0.493 e. The molecule has 1 aliphatic carbocycles. The fourth-order valence-corrected chi connectivity index (χ4v) is 3.00. The Labute approximate surface area is 169 Å². The molecule has 2 aromatic carbocycles. The lowest BCUT2D eigenvalue weighted by molar-refractivity contribution is -0.122. The van der Waals surface area contributed by atoms with Crippen LogP contribution in [0.4, 0.5) is 0 Å². The topological polar surface area (TPSA) is 77.7 Å². The number of methoxy groups -OCH3 is 2. The molecule has 148 valence electrons. The molecule has 1 saturated carbocycles. The van der Waals surface area contributed by atoms with Gasteiger partial charge in [-0.3, -0.25) is 4.79 Å². The van der Waals surface area contributed by atoms with Crippen LogP contribution in [-0.2, 0) is 4.79 Å². The molecule has 1 fully saturated rings. The summed E-state index contributed by atoms with van der Waals surface area (Å²) in [6.07, 6.45) is 5.38. The van der Waals surface area contributed by atoms with E-state index in [9.17, 15) is 4.79 Å². The van der Waals surface area contributed by atoms with E-state index in [-0.39, 0.29) is 11.8 Å². The number of nitrogens with one attached hydrogen (secondary N) is 1. The standard InChI is InChI=1S/C22H22N4O3/c1-28-19-11-10-16(12-20(19)29-2)21-17(13-23-24-22(27)15-8-9-15)14-26(25-21)18-6-4-3-5-7-18/h3-7,10-15H,8-9H2,1-2H3,(H,24,27)/b23-13-. The van der Waals surface area contributed by atoms with Crippen LogP contribution in [-0.4, -0.2) is 36.1 Å². The Morgan fingerprint density at radius 2 is 1.90 bits per heavy atom. The quantitative estimate of drug-likeness (QED) is 0.495. The summed E-state index contributed by atoms with van der Waals surface area (Å²) in [5.74, 6) is 1.32. The number of hydrogen-bond acceptors (Lipinski definition) is 5. The summed E-state index contributed by atoms with van der Waals surface area (Å²) < 4.78 is 12.5. The van der Waals surface area contributed by atoms with E-state index in [4.69, 9.17) is 14.6 Å². The molecule has 29 heavy (non-hydrogen) atoms. The number of hydrogen-bond donors (Lipinski definition) is 1. The third-order valence-electron chi connectivity index (χ3n) is 4.75. The summed E-state index contributed by atoms with van der Waals surface area (Å²) in [7, 11) is 3.20. The SMILES string of the molecule is COc1ccc(-c2nn(-c3ccccc3)cc2/C=N\NC(=O)C2CC2)cc1OC. The number of amides is 1. The van der Waals surface area contributed by atoms with Crippen molar-refractivity contribution < 1.29 is 14.3 Å². The zero-order valence-electron chi connectivity index (χ0n) is 16.3. The van der Waals surface area contributed by atoms with Gasteiger partial charge in [0.1, 0.15) is 5.69 Å². The van der Waals surface area contributed by atoms with E-state index in [1.165, 1.54) is 0 Å². The lowest BCUT2D eigenvalue weighted by Gasteiger charge is -2.09. The Bertz CT molecular complexity index is 1040. The summed E-state index contributed by atoms with van der Waals surface area (Å²) in [6, 6.07) is 15.4. The highest BCUT2D eigenvalue weighted by Crippen LogP contribution is 2.33. The van der Waals surface area contributed by atoms with Crippen molar-refractivity contribution in [3.8, 4) is 28.4 Å². The zero-order valence-corrected chi connectivity index (χ0v) is 16.3. The van der Waals surface area contributed by atoms with Crippen molar-refractivity contribution in [3.63, 3.8) is 0 Å². The van der Waals surface area contributed by atoms with Gasteiger partial charge in [-0.1, -0.05) is 18.2 Å². The summed E-state index contributed by atoms with van der Waals surface area (Å²) >= 11 is 0.